The van der Waals surface area contributed by atoms with Crippen LogP contribution in [-0.2, 0) is 0 Å². The van der Waals surface area contributed by atoms with Crippen LogP contribution in [0.4, 0.5) is 0 Å². The molecule has 1 heterocycles. The molecule has 0 amide bonds. The number of benzene rings is 1. The van der Waals surface area contributed by atoms with Gasteiger partial charge in [-0.2, -0.15) is 0 Å². The highest BCUT2D eigenvalue weighted by Gasteiger charge is 2.30. The Morgan fingerprint density at radius 1 is 1.30 bits per heavy atom. The molecule has 2 atom stereocenters. The first kappa shape index (κ1) is 14.1. The number of aliphatic imine (C=N–C) groups is 1. The lowest BCUT2D eigenvalue weighted by atomic mass is 9.92. The van der Waals surface area contributed by atoms with E-state index in [0.717, 1.165) is 16.7 Å². The van der Waals surface area contributed by atoms with Gasteiger partial charge >= 0.3 is 0 Å². The second-order valence-electron chi connectivity index (χ2n) is 5.16. The van der Waals surface area contributed by atoms with Crippen LogP contribution in [0.2, 0.25) is 5.02 Å². The number of ether oxygens (including phenoxy) is 1. The van der Waals surface area contributed by atoms with Crippen molar-refractivity contribution >= 4 is 28.5 Å². The average molecular weight is 311 g/mol. The third-order valence-electron chi connectivity index (χ3n) is 3.74. The molecule has 1 saturated carbocycles. The van der Waals surface area contributed by atoms with E-state index in [1.165, 1.54) is 25.7 Å². The largest absolute Gasteiger partial charge is 0.491 e. The van der Waals surface area contributed by atoms with Crippen molar-refractivity contribution < 1.29 is 4.74 Å². The zero-order valence-electron chi connectivity index (χ0n) is 11.3. The molecular weight excluding hydrogens is 292 g/mol. The number of halogens is 1. The molecule has 1 N–H and O–H groups in total. The molecule has 1 aliphatic heterocycles. The molecule has 108 valence electrons. The maximum Gasteiger partial charge on any atom is 0.157 e. The van der Waals surface area contributed by atoms with Crippen LogP contribution in [0.25, 0.3) is 0 Å². The normalized spacial score (nSPS) is 24.8. The second kappa shape index (κ2) is 6.72. The monoisotopic (exact) mass is 310 g/mol. The molecule has 5 heteroatoms. The lowest BCUT2D eigenvalue weighted by Crippen LogP contribution is -2.36. The van der Waals surface area contributed by atoms with Gasteiger partial charge in [-0.05, 0) is 25.0 Å². The summed E-state index contributed by atoms with van der Waals surface area (Å²) in [6.07, 6.45) is 5.14. The highest BCUT2D eigenvalue weighted by molar-refractivity contribution is 8.13. The number of thioether (sulfide) groups is 1. The van der Waals surface area contributed by atoms with Crippen LogP contribution in [0, 0.1) is 0 Å². The molecule has 1 aliphatic carbocycles. The van der Waals surface area contributed by atoms with Crippen molar-refractivity contribution in [3.05, 3.63) is 29.3 Å². The second-order valence-corrected chi connectivity index (χ2v) is 6.66. The molecule has 0 radical (unpaired) electrons. The molecular formula is C15H19ClN2OS. The van der Waals surface area contributed by atoms with Crippen molar-refractivity contribution in [2.45, 2.75) is 37.8 Å². The number of hydrogen-bond acceptors (Lipinski definition) is 4. The minimum Gasteiger partial charge on any atom is -0.491 e. The summed E-state index contributed by atoms with van der Waals surface area (Å²) < 4.78 is 5.68. The van der Waals surface area contributed by atoms with Crippen LogP contribution in [0.15, 0.2) is 29.3 Å². The highest BCUT2D eigenvalue weighted by atomic mass is 35.5. The highest BCUT2D eigenvalue weighted by Crippen LogP contribution is 2.27. The SMILES string of the molecule is Clc1ccccc1OCCSC1=N[C@@H]2CCCC[C@H]2N1. The third kappa shape index (κ3) is 3.41. The first-order chi connectivity index (χ1) is 9.83. The number of para-hydroxylation sites is 1. The van der Waals surface area contributed by atoms with E-state index in [0.29, 0.717) is 23.7 Å². The van der Waals surface area contributed by atoms with E-state index in [1.807, 2.05) is 24.3 Å². The fourth-order valence-corrected chi connectivity index (χ4v) is 3.71. The minimum absolute atomic E-state index is 0.510. The smallest absolute Gasteiger partial charge is 0.157 e. The maximum atomic E-state index is 6.05. The van der Waals surface area contributed by atoms with Crippen LogP contribution >= 0.6 is 23.4 Å². The van der Waals surface area contributed by atoms with Gasteiger partial charge in [-0.3, -0.25) is 4.99 Å². The average Bonchev–Trinajstić information content (AvgIpc) is 2.88. The summed E-state index contributed by atoms with van der Waals surface area (Å²) in [7, 11) is 0. The van der Waals surface area contributed by atoms with Crippen LogP contribution in [0.3, 0.4) is 0 Å². The van der Waals surface area contributed by atoms with Crippen LogP contribution in [0.5, 0.6) is 5.75 Å². The fourth-order valence-electron chi connectivity index (χ4n) is 2.71. The zero-order valence-corrected chi connectivity index (χ0v) is 12.9. The Bertz CT molecular complexity index is 495. The number of nitrogens with zero attached hydrogens (tertiary/aromatic N) is 1. The third-order valence-corrected chi connectivity index (χ3v) is 4.92. The first-order valence-corrected chi connectivity index (χ1v) is 8.54. The number of rotatable bonds is 4. The van der Waals surface area contributed by atoms with E-state index in [9.17, 15) is 0 Å². The lowest BCUT2D eigenvalue weighted by Gasteiger charge is -2.23. The molecule has 0 saturated heterocycles. The molecule has 2 aliphatic rings. The van der Waals surface area contributed by atoms with Gasteiger partial charge in [0.25, 0.3) is 0 Å². The van der Waals surface area contributed by atoms with Crippen molar-refractivity contribution in [2.75, 3.05) is 12.4 Å². The van der Waals surface area contributed by atoms with Crippen molar-refractivity contribution in [2.24, 2.45) is 4.99 Å². The molecule has 1 aromatic rings. The molecule has 0 bridgehead atoms. The molecule has 1 aromatic carbocycles. The van der Waals surface area contributed by atoms with Gasteiger partial charge in [-0.25, -0.2) is 0 Å². The summed E-state index contributed by atoms with van der Waals surface area (Å²) in [6.45, 7) is 0.643. The van der Waals surface area contributed by atoms with E-state index in [1.54, 1.807) is 11.8 Å². The van der Waals surface area contributed by atoms with Gasteiger partial charge in [-0.1, -0.05) is 48.3 Å². The van der Waals surface area contributed by atoms with Gasteiger partial charge in [0.05, 0.1) is 23.7 Å². The van der Waals surface area contributed by atoms with Crippen molar-refractivity contribution in [3.63, 3.8) is 0 Å². The summed E-state index contributed by atoms with van der Waals surface area (Å²) in [5.74, 6) is 1.64. The quantitative estimate of drug-likeness (QED) is 0.861. The Hall–Kier alpha value is -0.870. The van der Waals surface area contributed by atoms with Gasteiger partial charge in [0.15, 0.2) is 5.17 Å². The van der Waals surface area contributed by atoms with Gasteiger partial charge in [-0.15, -0.1) is 0 Å². The first-order valence-electron chi connectivity index (χ1n) is 7.17. The Morgan fingerprint density at radius 3 is 3.00 bits per heavy atom. The van der Waals surface area contributed by atoms with Crippen LogP contribution < -0.4 is 10.1 Å². The minimum atomic E-state index is 0.510. The number of nitrogens with one attached hydrogen (secondary N) is 1. The Labute approximate surface area is 129 Å². The van der Waals surface area contributed by atoms with Crippen LogP contribution in [0.1, 0.15) is 25.7 Å². The van der Waals surface area contributed by atoms with E-state index in [-0.39, 0.29) is 0 Å². The van der Waals surface area contributed by atoms with Crippen molar-refractivity contribution in [1.29, 1.82) is 0 Å². The zero-order chi connectivity index (χ0) is 13.8. The molecule has 0 spiro atoms. The predicted molar refractivity (Wildman–Crippen MR) is 86.0 cm³/mol. The molecule has 20 heavy (non-hydrogen) atoms. The summed E-state index contributed by atoms with van der Waals surface area (Å²) >= 11 is 7.79. The van der Waals surface area contributed by atoms with E-state index >= 15 is 0 Å². The van der Waals surface area contributed by atoms with Crippen LogP contribution in [-0.4, -0.2) is 29.6 Å². The Kier molecular flexibility index (Phi) is 4.73. The molecule has 1 fully saturated rings. The number of fused-ring (bicyclic) bond motifs is 1. The number of amidine groups is 1. The number of hydrogen-bond donors (Lipinski definition) is 1. The Morgan fingerprint density at radius 2 is 2.15 bits per heavy atom. The lowest BCUT2D eigenvalue weighted by molar-refractivity contribution is 0.344. The molecule has 3 rings (SSSR count). The Balaban J connectivity index is 1.41. The summed E-state index contributed by atoms with van der Waals surface area (Å²) in [6, 6.07) is 8.67. The summed E-state index contributed by atoms with van der Waals surface area (Å²) in [5.41, 5.74) is 0. The molecule has 0 aromatic heterocycles. The fraction of sp³-hybridized carbons (Fsp3) is 0.533. The van der Waals surface area contributed by atoms with Gasteiger partial charge in [0.1, 0.15) is 5.75 Å². The maximum absolute atomic E-state index is 6.05. The summed E-state index contributed by atoms with van der Waals surface area (Å²) in [4.78, 5) is 4.76. The molecule has 3 nitrogen and oxygen atoms in total. The van der Waals surface area contributed by atoms with Crippen molar-refractivity contribution in [3.8, 4) is 5.75 Å². The predicted octanol–water partition coefficient (Wildman–Crippen LogP) is 3.72. The van der Waals surface area contributed by atoms with Gasteiger partial charge in [0, 0.05) is 5.75 Å². The van der Waals surface area contributed by atoms with Gasteiger partial charge in [0.2, 0.25) is 0 Å². The van der Waals surface area contributed by atoms with Crippen molar-refractivity contribution in [1.82, 2.24) is 5.32 Å². The van der Waals surface area contributed by atoms with Gasteiger partial charge < -0.3 is 10.1 Å². The van der Waals surface area contributed by atoms with E-state index in [2.05, 4.69) is 5.32 Å². The topological polar surface area (TPSA) is 33.6 Å². The van der Waals surface area contributed by atoms with E-state index < -0.39 is 0 Å². The standard InChI is InChI=1S/C15H19ClN2OS/c16-11-5-1-4-8-14(11)19-9-10-20-15-17-12-6-2-3-7-13(12)18-15/h1,4-5,8,12-13H,2-3,6-7,9-10H2,(H,17,18)/t12-,13-/m1/s1. The molecule has 0 unspecified atom stereocenters. The summed E-state index contributed by atoms with van der Waals surface area (Å²) in [5, 5.41) is 5.29. The van der Waals surface area contributed by atoms with E-state index in [4.69, 9.17) is 21.3 Å².